The van der Waals surface area contributed by atoms with Gasteiger partial charge in [0.15, 0.2) is 4.96 Å². The molecule has 1 aliphatic rings. The summed E-state index contributed by atoms with van der Waals surface area (Å²) in [6.07, 6.45) is 0.428. The van der Waals surface area contributed by atoms with Gasteiger partial charge in [0.05, 0.1) is 12.2 Å². The van der Waals surface area contributed by atoms with Gasteiger partial charge in [-0.1, -0.05) is 37.3 Å². The van der Waals surface area contributed by atoms with Crippen LogP contribution in [0.4, 0.5) is 4.79 Å². The molecule has 1 aromatic carbocycles. The van der Waals surface area contributed by atoms with Crippen molar-refractivity contribution in [1.82, 2.24) is 19.6 Å². The Hall–Kier alpha value is -3.00. The number of carbonyl (C=O) groups is 2. The number of rotatable bonds is 4. The van der Waals surface area contributed by atoms with E-state index in [9.17, 15) is 14.4 Å². The zero-order valence-corrected chi connectivity index (χ0v) is 15.7. The van der Waals surface area contributed by atoms with E-state index in [1.165, 1.54) is 21.8 Å². The number of benzene rings is 1. The van der Waals surface area contributed by atoms with Crippen LogP contribution in [0.15, 0.2) is 46.6 Å². The SMILES string of the molecule is CCC1(c2ccccc2)NC(=O)N(Cc2cc(=O)n3c(C)csc3n2)C1=O. The molecule has 0 saturated carbocycles. The van der Waals surface area contributed by atoms with Crippen LogP contribution >= 0.6 is 11.3 Å². The molecular weight excluding hydrogens is 364 g/mol. The molecule has 27 heavy (non-hydrogen) atoms. The van der Waals surface area contributed by atoms with Gasteiger partial charge in [0.25, 0.3) is 11.5 Å². The third-order valence-electron chi connectivity index (χ3n) is 4.92. The Balaban J connectivity index is 1.70. The Morgan fingerprint density at radius 1 is 1.19 bits per heavy atom. The number of hydrogen-bond acceptors (Lipinski definition) is 5. The largest absolute Gasteiger partial charge is 0.325 e. The second kappa shape index (κ2) is 6.31. The van der Waals surface area contributed by atoms with Crippen molar-refractivity contribution in [2.75, 3.05) is 0 Å². The summed E-state index contributed by atoms with van der Waals surface area (Å²) in [5.74, 6) is -0.328. The normalized spacial score (nSPS) is 19.7. The van der Waals surface area contributed by atoms with Crippen LogP contribution in [0.5, 0.6) is 0 Å². The molecule has 0 spiro atoms. The highest BCUT2D eigenvalue weighted by atomic mass is 32.1. The summed E-state index contributed by atoms with van der Waals surface area (Å²) in [4.78, 5) is 44.2. The molecule has 3 heterocycles. The van der Waals surface area contributed by atoms with Crippen LogP contribution in [0.25, 0.3) is 4.96 Å². The van der Waals surface area contributed by atoms with E-state index in [0.717, 1.165) is 16.2 Å². The van der Waals surface area contributed by atoms with Gasteiger partial charge in [-0.15, -0.1) is 11.3 Å². The minimum atomic E-state index is -1.09. The second-order valence-electron chi connectivity index (χ2n) is 6.53. The van der Waals surface area contributed by atoms with Crippen molar-refractivity contribution in [3.8, 4) is 0 Å². The monoisotopic (exact) mass is 382 g/mol. The van der Waals surface area contributed by atoms with Crippen molar-refractivity contribution in [3.63, 3.8) is 0 Å². The highest BCUT2D eigenvalue weighted by Crippen LogP contribution is 2.32. The molecular formula is C19H18N4O3S. The molecule has 3 aromatic rings. The quantitative estimate of drug-likeness (QED) is 0.703. The topological polar surface area (TPSA) is 83.8 Å². The highest BCUT2D eigenvalue weighted by molar-refractivity contribution is 7.15. The van der Waals surface area contributed by atoms with Crippen LogP contribution in [0.3, 0.4) is 0 Å². The third kappa shape index (κ3) is 2.64. The van der Waals surface area contributed by atoms with Gasteiger partial charge in [-0.25, -0.2) is 9.78 Å². The number of imide groups is 1. The summed E-state index contributed by atoms with van der Waals surface area (Å²) in [5.41, 5.74) is 0.640. The predicted molar refractivity (Wildman–Crippen MR) is 102 cm³/mol. The lowest BCUT2D eigenvalue weighted by Gasteiger charge is -2.25. The summed E-state index contributed by atoms with van der Waals surface area (Å²) in [6.45, 7) is 3.65. The van der Waals surface area contributed by atoms with Gasteiger partial charge in [0, 0.05) is 17.1 Å². The number of carbonyl (C=O) groups excluding carboxylic acids is 2. The lowest BCUT2D eigenvalue weighted by atomic mass is 9.87. The minimum Gasteiger partial charge on any atom is -0.319 e. The maximum Gasteiger partial charge on any atom is 0.325 e. The summed E-state index contributed by atoms with van der Waals surface area (Å²) < 4.78 is 1.51. The van der Waals surface area contributed by atoms with E-state index in [1.54, 1.807) is 0 Å². The number of nitrogens with zero attached hydrogens (tertiary/aromatic N) is 3. The van der Waals surface area contributed by atoms with Crippen LogP contribution in [0.2, 0.25) is 0 Å². The Labute approximate surface area is 159 Å². The van der Waals surface area contributed by atoms with E-state index < -0.39 is 11.6 Å². The first-order valence-corrected chi connectivity index (χ1v) is 9.50. The Morgan fingerprint density at radius 3 is 2.63 bits per heavy atom. The lowest BCUT2D eigenvalue weighted by molar-refractivity contribution is -0.132. The number of fused-ring (bicyclic) bond motifs is 1. The van der Waals surface area contributed by atoms with Crippen molar-refractivity contribution in [2.24, 2.45) is 0 Å². The zero-order chi connectivity index (χ0) is 19.2. The fraction of sp³-hybridized carbons (Fsp3) is 0.263. The van der Waals surface area contributed by atoms with Gasteiger partial charge >= 0.3 is 6.03 Å². The molecule has 4 rings (SSSR count). The zero-order valence-electron chi connectivity index (χ0n) is 14.9. The molecule has 1 saturated heterocycles. The average molecular weight is 382 g/mol. The van der Waals surface area contributed by atoms with Gasteiger partial charge in [-0.3, -0.25) is 18.9 Å². The van der Waals surface area contributed by atoms with Crippen LogP contribution in [0, 0.1) is 6.92 Å². The molecule has 2 aromatic heterocycles. The molecule has 8 heteroatoms. The Bertz CT molecular complexity index is 1110. The van der Waals surface area contributed by atoms with Gasteiger partial charge in [0.1, 0.15) is 5.54 Å². The first kappa shape index (κ1) is 17.4. The fourth-order valence-electron chi connectivity index (χ4n) is 3.48. The van der Waals surface area contributed by atoms with Gasteiger partial charge in [-0.2, -0.15) is 0 Å². The number of amides is 3. The number of aryl methyl sites for hydroxylation is 1. The minimum absolute atomic E-state index is 0.0397. The van der Waals surface area contributed by atoms with Crippen LogP contribution in [-0.2, 0) is 16.9 Å². The number of thiazole rings is 1. The molecule has 0 bridgehead atoms. The van der Waals surface area contributed by atoms with E-state index in [-0.39, 0.29) is 18.0 Å². The molecule has 1 fully saturated rings. The van der Waals surface area contributed by atoms with Crippen molar-refractivity contribution in [3.05, 3.63) is 69.1 Å². The molecule has 1 atom stereocenters. The standard InChI is InChI=1S/C19H18N4O3S/c1-3-19(13-7-5-4-6-8-13)16(25)22(17(26)21-19)10-14-9-15(24)23-12(2)11-27-18(23)20-14/h4-9,11H,3,10H2,1-2H3,(H,21,26). The summed E-state index contributed by atoms with van der Waals surface area (Å²) in [7, 11) is 0. The van der Waals surface area contributed by atoms with E-state index in [2.05, 4.69) is 10.3 Å². The fourth-order valence-corrected chi connectivity index (χ4v) is 4.37. The highest BCUT2D eigenvalue weighted by Gasteiger charge is 2.51. The Morgan fingerprint density at radius 2 is 1.93 bits per heavy atom. The second-order valence-corrected chi connectivity index (χ2v) is 7.36. The smallest absolute Gasteiger partial charge is 0.319 e. The molecule has 1 N–H and O–H groups in total. The van der Waals surface area contributed by atoms with Crippen molar-refractivity contribution in [1.29, 1.82) is 0 Å². The van der Waals surface area contributed by atoms with Crippen molar-refractivity contribution < 1.29 is 9.59 Å². The maximum absolute atomic E-state index is 13.2. The van der Waals surface area contributed by atoms with E-state index in [4.69, 9.17) is 0 Å². The van der Waals surface area contributed by atoms with E-state index >= 15 is 0 Å². The van der Waals surface area contributed by atoms with E-state index in [1.807, 2.05) is 49.6 Å². The van der Waals surface area contributed by atoms with Crippen LogP contribution < -0.4 is 10.9 Å². The molecule has 1 unspecified atom stereocenters. The molecule has 7 nitrogen and oxygen atoms in total. The van der Waals surface area contributed by atoms with Gasteiger partial charge in [-0.05, 0) is 18.9 Å². The molecule has 138 valence electrons. The van der Waals surface area contributed by atoms with Crippen LogP contribution in [-0.4, -0.2) is 26.2 Å². The van der Waals surface area contributed by atoms with Gasteiger partial charge < -0.3 is 5.32 Å². The maximum atomic E-state index is 13.2. The summed E-state index contributed by atoms with van der Waals surface area (Å²) >= 11 is 1.35. The summed E-state index contributed by atoms with van der Waals surface area (Å²) in [6, 6.07) is 10.1. The third-order valence-corrected chi connectivity index (χ3v) is 5.86. The number of hydrogen-bond donors (Lipinski definition) is 1. The number of aromatic nitrogens is 2. The van der Waals surface area contributed by atoms with Crippen LogP contribution in [0.1, 0.15) is 30.3 Å². The summed E-state index contributed by atoms with van der Waals surface area (Å²) in [5, 5.41) is 4.68. The molecule has 3 amide bonds. The van der Waals surface area contributed by atoms with Gasteiger partial charge in [0.2, 0.25) is 0 Å². The van der Waals surface area contributed by atoms with Crippen molar-refractivity contribution in [2.45, 2.75) is 32.4 Å². The molecule has 1 aliphatic heterocycles. The Kier molecular flexibility index (Phi) is 4.07. The van der Waals surface area contributed by atoms with Crippen molar-refractivity contribution >= 4 is 28.2 Å². The first-order chi connectivity index (χ1) is 13.0. The molecule has 0 aliphatic carbocycles. The predicted octanol–water partition coefficient (Wildman–Crippen LogP) is 2.42. The van der Waals surface area contributed by atoms with E-state index in [0.29, 0.717) is 17.1 Å². The molecule has 0 radical (unpaired) electrons. The number of nitrogens with one attached hydrogen (secondary N) is 1. The average Bonchev–Trinajstić information content (AvgIpc) is 3.16. The number of urea groups is 1. The first-order valence-electron chi connectivity index (χ1n) is 8.62. The lowest BCUT2D eigenvalue weighted by Crippen LogP contribution is -2.43.